The van der Waals surface area contributed by atoms with E-state index in [9.17, 15) is 13.2 Å². The first-order chi connectivity index (χ1) is 12.0. The minimum absolute atomic E-state index is 0.162. The number of nitrogens with zero attached hydrogens (tertiary/aromatic N) is 1. The summed E-state index contributed by atoms with van der Waals surface area (Å²) in [5.41, 5.74) is 0.964. The maximum atomic E-state index is 12.7. The van der Waals surface area contributed by atoms with Gasteiger partial charge in [0.2, 0.25) is 10.0 Å². The van der Waals surface area contributed by atoms with Gasteiger partial charge in [-0.05, 0) is 59.0 Å². The van der Waals surface area contributed by atoms with Crippen LogP contribution in [0.2, 0.25) is 0 Å². The molecule has 3 rings (SSSR count). The number of morpholine rings is 1. The molecule has 1 aliphatic rings. The van der Waals surface area contributed by atoms with Crippen molar-refractivity contribution in [2.24, 2.45) is 0 Å². The average molecular weight is 472 g/mol. The van der Waals surface area contributed by atoms with E-state index in [2.05, 4.69) is 27.9 Å². The Morgan fingerprint density at radius 2 is 1.80 bits per heavy atom. The zero-order chi connectivity index (χ0) is 17.9. The number of sulfonamides is 1. The number of amides is 1. The van der Waals surface area contributed by atoms with Gasteiger partial charge >= 0.3 is 0 Å². The number of carbonyl (C=O) groups excluding carboxylic acids is 1. The van der Waals surface area contributed by atoms with Crippen LogP contribution in [-0.2, 0) is 14.8 Å². The van der Waals surface area contributed by atoms with E-state index in [-0.39, 0.29) is 10.8 Å². The highest BCUT2D eigenvalue weighted by atomic mass is 127. The number of ether oxygens (including phenoxy) is 1. The monoisotopic (exact) mass is 472 g/mol. The van der Waals surface area contributed by atoms with Gasteiger partial charge in [-0.3, -0.25) is 4.79 Å². The molecule has 132 valence electrons. The lowest BCUT2D eigenvalue weighted by Crippen LogP contribution is -2.40. The molecular formula is C17H17IN2O4S. The van der Waals surface area contributed by atoms with E-state index in [1.807, 2.05) is 6.07 Å². The molecule has 1 saturated heterocycles. The minimum Gasteiger partial charge on any atom is -0.379 e. The van der Waals surface area contributed by atoms with Gasteiger partial charge in [0.05, 0.1) is 18.1 Å². The van der Waals surface area contributed by atoms with Crippen LogP contribution in [0.5, 0.6) is 0 Å². The summed E-state index contributed by atoms with van der Waals surface area (Å²) in [6, 6.07) is 13.5. The molecule has 25 heavy (non-hydrogen) atoms. The molecule has 1 N–H and O–H groups in total. The molecule has 0 unspecified atom stereocenters. The summed E-state index contributed by atoms with van der Waals surface area (Å²) in [5.74, 6) is -0.278. The third kappa shape index (κ3) is 4.38. The summed E-state index contributed by atoms with van der Waals surface area (Å²) >= 11 is 2.14. The molecule has 0 aromatic heterocycles. The Morgan fingerprint density at radius 1 is 1.08 bits per heavy atom. The maximum absolute atomic E-state index is 12.7. The Hall–Kier alpha value is -1.49. The van der Waals surface area contributed by atoms with E-state index in [0.717, 1.165) is 3.57 Å². The zero-order valence-electron chi connectivity index (χ0n) is 13.3. The van der Waals surface area contributed by atoms with E-state index < -0.39 is 10.0 Å². The maximum Gasteiger partial charge on any atom is 0.255 e. The third-order valence-corrected chi connectivity index (χ3v) is 6.35. The molecule has 0 radical (unpaired) electrons. The van der Waals surface area contributed by atoms with Gasteiger partial charge in [-0.15, -0.1) is 0 Å². The summed E-state index contributed by atoms with van der Waals surface area (Å²) in [5, 5.41) is 2.75. The van der Waals surface area contributed by atoms with E-state index in [0.29, 0.717) is 37.6 Å². The molecule has 1 aliphatic heterocycles. The number of carbonyl (C=O) groups is 1. The molecule has 0 saturated carbocycles. The quantitative estimate of drug-likeness (QED) is 0.695. The van der Waals surface area contributed by atoms with E-state index >= 15 is 0 Å². The molecule has 6 nitrogen and oxygen atoms in total. The Balaban J connectivity index is 1.80. The van der Waals surface area contributed by atoms with Crippen LogP contribution < -0.4 is 5.32 Å². The molecule has 1 fully saturated rings. The lowest BCUT2D eigenvalue weighted by molar-refractivity contribution is 0.0730. The Morgan fingerprint density at radius 3 is 2.52 bits per heavy atom. The smallest absolute Gasteiger partial charge is 0.255 e. The molecular weight excluding hydrogens is 455 g/mol. The summed E-state index contributed by atoms with van der Waals surface area (Å²) in [6.45, 7) is 1.45. The first kappa shape index (κ1) is 18.3. The molecule has 0 bridgehead atoms. The molecule has 0 aliphatic carbocycles. The van der Waals surface area contributed by atoms with Crippen LogP contribution >= 0.6 is 22.6 Å². The van der Waals surface area contributed by atoms with Gasteiger partial charge < -0.3 is 10.1 Å². The second kappa shape index (κ2) is 7.81. The molecule has 8 heteroatoms. The number of halogens is 1. The molecule has 0 spiro atoms. The second-order valence-corrected chi connectivity index (χ2v) is 8.69. The van der Waals surface area contributed by atoms with Crippen molar-refractivity contribution in [3.63, 3.8) is 0 Å². The van der Waals surface area contributed by atoms with Gasteiger partial charge in [-0.2, -0.15) is 4.31 Å². The third-order valence-electron chi connectivity index (χ3n) is 3.79. The number of nitrogens with one attached hydrogen (secondary N) is 1. The van der Waals surface area contributed by atoms with Crippen molar-refractivity contribution in [3.8, 4) is 0 Å². The second-order valence-electron chi connectivity index (χ2n) is 5.51. The van der Waals surface area contributed by atoms with Crippen LogP contribution in [0.25, 0.3) is 0 Å². The van der Waals surface area contributed by atoms with Gasteiger partial charge in [0.25, 0.3) is 5.91 Å². The molecule has 1 amide bonds. The Labute approximate surface area is 160 Å². The van der Waals surface area contributed by atoms with E-state index in [4.69, 9.17) is 4.74 Å². The van der Waals surface area contributed by atoms with Crippen molar-refractivity contribution in [2.45, 2.75) is 4.90 Å². The minimum atomic E-state index is -3.59. The van der Waals surface area contributed by atoms with Crippen LogP contribution in [0, 0.1) is 3.57 Å². The highest BCUT2D eigenvalue weighted by Crippen LogP contribution is 2.21. The first-order valence-corrected chi connectivity index (χ1v) is 10.2. The SMILES string of the molecule is O=C(Nc1cccc(S(=O)(=O)N2CCOCC2)c1)c1cccc(I)c1. The highest BCUT2D eigenvalue weighted by molar-refractivity contribution is 14.1. The van der Waals surface area contributed by atoms with E-state index in [1.54, 1.807) is 30.3 Å². The summed E-state index contributed by atoms with van der Waals surface area (Å²) in [7, 11) is -3.59. The van der Waals surface area contributed by atoms with Crippen LogP contribution in [0.15, 0.2) is 53.4 Å². The number of anilines is 1. The largest absolute Gasteiger partial charge is 0.379 e. The van der Waals surface area contributed by atoms with Crippen molar-refractivity contribution >= 4 is 44.2 Å². The normalized spacial score (nSPS) is 15.7. The van der Waals surface area contributed by atoms with Crippen LogP contribution in [0.4, 0.5) is 5.69 Å². The van der Waals surface area contributed by atoms with Gasteiger partial charge in [-0.25, -0.2) is 8.42 Å². The standard InChI is InChI=1S/C17H17IN2O4S/c18-14-4-1-3-13(11-14)17(21)19-15-5-2-6-16(12-15)25(22,23)20-7-9-24-10-8-20/h1-6,11-12H,7-10H2,(H,19,21). The fourth-order valence-corrected chi connectivity index (χ4v) is 4.50. The molecule has 1 heterocycles. The number of benzene rings is 2. The Kier molecular flexibility index (Phi) is 5.72. The summed E-state index contributed by atoms with van der Waals surface area (Å²) in [6.07, 6.45) is 0. The van der Waals surface area contributed by atoms with E-state index in [1.165, 1.54) is 16.4 Å². The van der Waals surface area contributed by atoms with Crippen LogP contribution in [0.1, 0.15) is 10.4 Å². The van der Waals surface area contributed by atoms with Crippen LogP contribution in [0.3, 0.4) is 0 Å². The fraction of sp³-hybridized carbons (Fsp3) is 0.235. The van der Waals surface area contributed by atoms with Crippen LogP contribution in [-0.4, -0.2) is 44.9 Å². The lowest BCUT2D eigenvalue weighted by Gasteiger charge is -2.26. The number of hydrogen-bond acceptors (Lipinski definition) is 4. The first-order valence-electron chi connectivity index (χ1n) is 7.72. The van der Waals surface area contributed by atoms with Gasteiger partial charge in [0.15, 0.2) is 0 Å². The van der Waals surface area contributed by atoms with Gasteiger partial charge in [-0.1, -0.05) is 12.1 Å². The zero-order valence-corrected chi connectivity index (χ0v) is 16.3. The fourth-order valence-electron chi connectivity index (χ4n) is 2.50. The molecule has 0 atom stereocenters. The predicted molar refractivity (Wildman–Crippen MR) is 103 cm³/mol. The Bertz CT molecular complexity index is 880. The topological polar surface area (TPSA) is 75.7 Å². The summed E-state index contributed by atoms with van der Waals surface area (Å²) < 4.78 is 32.9. The lowest BCUT2D eigenvalue weighted by atomic mass is 10.2. The van der Waals surface area contributed by atoms with Crippen molar-refractivity contribution in [1.82, 2.24) is 4.31 Å². The highest BCUT2D eigenvalue weighted by Gasteiger charge is 2.26. The van der Waals surface area contributed by atoms with Gasteiger partial charge in [0, 0.05) is 27.9 Å². The predicted octanol–water partition coefficient (Wildman–Crippen LogP) is 2.56. The molecule has 2 aromatic rings. The number of hydrogen-bond donors (Lipinski definition) is 1. The van der Waals surface area contributed by atoms with Crippen molar-refractivity contribution < 1.29 is 17.9 Å². The van der Waals surface area contributed by atoms with Gasteiger partial charge in [0.1, 0.15) is 0 Å². The van der Waals surface area contributed by atoms with Crippen molar-refractivity contribution in [2.75, 3.05) is 31.6 Å². The average Bonchev–Trinajstić information content (AvgIpc) is 2.62. The summed E-state index contributed by atoms with van der Waals surface area (Å²) in [4.78, 5) is 12.5. The number of rotatable bonds is 4. The van der Waals surface area contributed by atoms with Crippen molar-refractivity contribution in [1.29, 1.82) is 0 Å². The van der Waals surface area contributed by atoms with Crippen molar-refractivity contribution in [3.05, 3.63) is 57.7 Å². The molecule has 2 aromatic carbocycles.